The SMILES string of the molecule is CC(C)Cn1c(N/N=C/c2cccc(O)c2)nc2c1c(=O)[nH]c(=O)n2C. The molecule has 3 N–H and O–H groups in total. The maximum atomic E-state index is 12.3. The van der Waals surface area contributed by atoms with Gasteiger partial charge in [0.15, 0.2) is 11.2 Å². The molecular formula is C17H20N6O3. The number of aromatic hydroxyl groups is 1. The molecule has 9 heteroatoms. The number of phenols is 1. The third-order valence-corrected chi connectivity index (χ3v) is 3.80. The lowest BCUT2D eigenvalue weighted by molar-refractivity contribution is 0.475. The van der Waals surface area contributed by atoms with Crippen molar-refractivity contribution in [3.05, 3.63) is 50.7 Å². The molecule has 0 spiro atoms. The predicted molar refractivity (Wildman–Crippen MR) is 99.8 cm³/mol. The standard InChI is InChI=1S/C17H20N6O3/c1-10(2)9-23-13-14(22(3)17(26)20-15(13)25)19-16(23)21-18-8-11-5-4-6-12(24)7-11/h4-8,10,24H,9H2,1-3H3,(H,19,21)(H,20,25,26)/b18-8+. The molecule has 26 heavy (non-hydrogen) atoms. The van der Waals surface area contributed by atoms with Crippen molar-refractivity contribution in [1.29, 1.82) is 0 Å². The van der Waals surface area contributed by atoms with Crippen LogP contribution in [-0.4, -0.2) is 30.4 Å². The van der Waals surface area contributed by atoms with E-state index >= 15 is 0 Å². The van der Waals surface area contributed by atoms with E-state index in [0.29, 0.717) is 23.6 Å². The van der Waals surface area contributed by atoms with Gasteiger partial charge in [0.25, 0.3) is 5.56 Å². The van der Waals surface area contributed by atoms with Crippen LogP contribution in [0.5, 0.6) is 5.75 Å². The molecule has 0 aliphatic carbocycles. The molecule has 0 amide bonds. The van der Waals surface area contributed by atoms with Gasteiger partial charge in [-0.3, -0.25) is 14.3 Å². The number of hydrogen-bond donors (Lipinski definition) is 3. The molecule has 0 radical (unpaired) electrons. The molecule has 0 saturated carbocycles. The molecule has 9 nitrogen and oxygen atoms in total. The Kier molecular flexibility index (Phi) is 4.61. The minimum Gasteiger partial charge on any atom is -0.508 e. The minimum absolute atomic E-state index is 0.141. The fourth-order valence-corrected chi connectivity index (χ4v) is 2.63. The number of rotatable bonds is 5. The van der Waals surface area contributed by atoms with Crippen LogP contribution in [0.15, 0.2) is 39.0 Å². The van der Waals surface area contributed by atoms with Crippen LogP contribution in [0.3, 0.4) is 0 Å². The van der Waals surface area contributed by atoms with Gasteiger partial charge in [-0.25, -0.2) is 10.2 Å². The van der Waals surface area contributed by atoms with Crippen LogP contribution in [-0.2, 0) is 13.6 Å². The Balaban J connectivity index is 2.04. The van der Waals surface area contributed by atoms with Gasteiger partial charge in [-0.2, -0.15) is 10.1 Å². The zero-order valence-electron chi connectivity index (χ0n) is 14.7. The van der Waals surface area contributed by atoms with Crippen molar-refractivity contribution in [2.75, 3.05) is 5.43 Å². The first kappa shape index (κ1) is 17.5. The fraction of sp³-hybridized carbons (Fsp3) is 0.294. The second-order valence-corrected chi connectivity index (χ2v) is 6.40. The third-order valence-electron chi connectivity index (χ3n) is 3.80. The van der Waals surface area contributed by atoms with Gasteiger partial charge in [0.05, 0.1) is 6.21 Å². The second kappa shape index (κ2) is 6.87. The summed E-state index contributed by atoms with van der Waals surface area (Å²) in [6, 6.07) is 6.63. The molecule has 0 aliphatic heterocycles. The number of aromatic nitrogens is 4. The monoisotopic (exact) mass is 356 g/mol. The number of aromatic amines is 1. The lowest BCUT2D eigenvalue weighted by Crippen LogP contribution is -2.29. The van der Waals surface area contributed by atoms with E-state index in [1.165, 1.54) is 10.8 Å². The predicted octanol–water partition coefficient (Wildman–Crippen LogP) is 1.23. The average Bonchev–Trinajstić information content (AvgIpc) is 2.91. The molecule has 3 rings (SSSR count). The molecule has 2 aromatic heterocycles. The second-order valence-electron chi connectivity index (χ2n) is 6.40. The topological polar surface area (TPSA) is 117 Å². The van der Waals surface area contributed by atoms with Gasteiger partial charge in [0.1, 0.15) is 5.75 Å². The zero-order valence-corrected chi connectivity index (χ0v) is 14.7. The van der Waals surface area contributed by atoms with Crippen molar-refractivity contribution in [2.45, 2.75) is 20.4 Å². The van der Waals surface area contributed by atoms with Crippen LogP contribution >= 0.6 is 0 Å². The molecule has 0 aliphatic rings. The summed E-state index contributed by atoms with van der Waals surface area (Å²) in [6.07, 6.45) is 1.53. The number of H-pyrrole nitrogens is 1. The molecule has 0 unspecified atom stereocenters. The van der Waals surface area contributed by atoms with Crippen LogP contribution in [0.2, 0.25) is 0 Å². The number of nitrogens with one attached hydrogen (secondary N) is 2. The Morgan fingerprint density at radius 3 is 2.85 bits per heavy atom. The Morgan fingerprint density at radius 1 is 1.38 bits per heavy atom. The van der Waals surface area contributed by atoms with E-state index in [9.17, 15) is 14.7 Å². The van der Waals surface area contributed by atoms with Gasteiger partial charge in [-0.15, -0.1) is 0 Å². The number of hydrogen-bond acceptors (Lipinski definition) is 6. The van der Waals surface area contributed by atoms with Crippen molar-refractivity contribution in [3.8, 4) is 5.75 Å². The van der Waals surface area contributed by atoms with Crippen LogP contribution in [0, 0.1) is 5.92 Å². The summed E-state index contributed by atoms with van der Waals surface area (Å²) in [4.78, 5) is 30.7. The first-order chi connectivity index (χ1) is 12.4. The van der Waals surface area contributed by atoms with E-state index in [1.807, 2.05) is 13.8 Å². The summed E-state index contributed by atoms with van der Waals surface area (Å²) in [6.45, 7) is 4.56. The van der Waals surface area contributed by atoms with Crippen molar-refractivity contribution in [1.82, 2.24) is 19.1 Å². The highest BCUT2D eigenvalue weighted by Gasteiger charge is 2.17. The van der Waals surface area contributed by atoms with Gasteiger partial charge < -0.3 is 9.67 Å². The summed E-state index contributed by atoms with van der Waals surface area (Å²) in [5.41, 5.74) is 3.12. The van der Waals surface area contributed by atoms with Crippen molar-refractivity contribution in [3.63, 3.8) is 0 Å². The highest BCUT2D eigenvalue weighted by Crippen LogP contribution is 2.17. The summed E-state index contributed by atoms with van der Waals surface area (Å²) in [7, 11) is 1.55. The lowest BCUT2D eigenvalue weighted by Gasteiger charge is -2.10. The van der Waals surface area contributed by atoms with E-state index < -0.39 is 11.2 Å². The average molecular weight is 356 g/mol. The van der Waals surface area contributed by atoms with E-state index in [2.05, 4.69) is 20.5 Å². The molecular weight excluding hydrogens is 336 g/mol. The minimum atomic E-state index is -0.522. The lowest BCUT2D eigenvalue weighted by atomic mass is 10.2. The fourth-order valence-electron chi connectivity index (χ4n) is 2.63. The Hall–Kier alpha value is -3.36. The number of hydrazone groups is 1. The highest BCUT2D eigenvalue weighted by molar-refractivity contribution is 5.81. The van der Waals surface area contributed by atoms with Crippen molar-refractivity contribution >= 4 is 23.3 Å². The molecule has 136 valence electrons. The third kappa shape index (κ3) is 3.37. The van der Waals surface area contributed by atoms with Crippen LogP contribution in [0.1, 0.15) is 19.4 Å². The normalized spacial score (nSPS) is 11.7. The van der Waals surface area contributed by atoms with Crippen molar-refractivity contribution < 1.29 is 5.11 Å². The first-order valence-electron chi connectivity index (χ1n) is 8.14. The number of aryl methyl sites for hydroxylation is 1. The van der Waals surface area contributed by atoms with E-state index in [-0.39, 0.29) is 17.3 Å². The number of anilines is 1. The summed E-state index contributed by atoms with van der Waals surface area (Å²) in [5, 5.41) is 13.6. The molecule has 0 atom stereocenters. The van der Waals surface area contributed by atoms with Crippen LogP contribution in [0.4, 0.5) is 5.95 Å². The van der Waals surface area contributed by atoms with Gasteiger partial charge in [0.2, 0.25) is 5.95 Å². The number of nitrogens with zero attached hydrogens (tertiary/aromatic N) is 4. The van der Waals surface area contributed by atoms with Crippen LogP contribution < -0.4 is 16.7 Å². The zero-order chi connectivity index (χ0) is 18.8. The van der Waals surface area contributed by atoms with Gasteiger partial charge >= 0.3 is 5.69 Å². The summed E-state index contributed by atoms with van der Waals surface area (Å²) >= 11 is 0. The largest absolute Gasteiger partial charge is 0.508 e. The van der Waals surface area contributed by atoms with E-state index in [4.69, 9.17) is 0 Å². The van der Waals surface area contributed by atoms with Gasteiger partial charge in [-0.1, -0.05) is 26.0 Å². The number of benzene rings is 1. The maximum Gasteiger partial charge on any atom is 0.329 e. The number of imidazole rings is 1. The van der Waals surface area contributed by atoms with Gasteiger partial charge in [-0.05, 0) is 23.6 Å². The number of fused-ring (bicyclic) bond motifs is 1. The molecule has 0 saturated heterocycles. The molecule has 3 aromatic rings. The quantitative estimate of drug-likeness (QED) is 0.469. The first-order valence-corrected chi connectivity index (χ1v) is 8.14. The molecule has 2 heterocycles. The van der Waals surface area contributed by atoms with Crippen molar-refractivity contribution in [2.24, 2.45) is 18.1 Å². The molecule has 0 fully saturated rings. The smallest absolute Gasteiger partial charge is 0.329 e. The summed E-state index contributed by atoms with van der Waals surface area (Å²) in [5.74, 6) is 0.749. The Labute approximate surface area is 148 Å². The highest BCUT2D eigenvalue weighted by atomic mass is 16.3. The maximum absolute atomic E-state index is 12.3. The van der Waals surface area contributed by atoms with E-state index in [1.54, 1.807) is 35.9 Å². The Bertz CT molecular complexity index is 1090. The van der Waals surface area contributed by atoms with Crippen LogP contribution in [0.25, 0.3) is 11.2 Å². The Morgan fingerprint density at radius 2 is 2.15 bits per heavy atom. The molecule has 1 aromatic carbocycles. The molecule has 0 bridgehead atoms. The number of phenolic OH excluding ortho intramolecular Hbond substituents is 1. The van der Waals surface area contributed by atoms with Gasteiger partial charge in [0, 0.05) is 13.6 Å². The summed E-state index contributed by atoms with van der Waals surface area (Å²) < 4.78 is 3.00. The van der Waals surface area contributed by atoms with E-state index in [0.717, 1.165) is 0 Å².